The number of likely N-dealkylation sites (tertiary alicyclic amines) is 1. The lowest BCUT2D eigenvalue weighted by Crippen LogP contribution is -2.50. The van der Waals surface area contributed by atoms with Crippen LogP contribution in [-0.2, 0) is 4.79 Å². The minimum Gasteiger partial charge on any atom is -0.335 e. The van der Waals surface area contributed by atoms with Gasteiger partial charge in [-0.25, -0.2) is 0 Å². The third-order valence-electron chi connectivity index (χ3n) is 4.89. The quantitative estimate of drug-likeness (QED) is 0.908. The van der Waals surface area contributed by atoms with Crippen LogP contribution in [0.15, 0.2) is 24.3 Å². The van der Waals surface area contributed by atoms with Gasteiger partial charge in [-0.05, 0) is 50.8 Å². The SMILES string of the molecule is CC1(C(=O)N2CCCC2c2ccccc2Cl)CCCNC1. The van der Waals surface area contributed by atoms with E-state index in [-0.39, 0.29) is 17.4 Å². The molecule has 0 spiro atoms. The van der Waals surface area contributed by atoms with E-state index in [4.69, 9.17) is 11.6 Å². The molecule has 2 atom stereocenters. The highest BCUT2D eigenvalue weighted by molar-refractivity contribution is 6.31. The Balaban J connectivity index is 1.84. The molecular weight excluding hydrogens is 284 g/mol. The maximum Gasteiger partial charge on any atom is 0.230 e. The molecule has 1 amide bonds. The molecule has 2 fully saturated rings. The first kappa shape index (κ1) is 14.9. The van der Waals surface area contributed by atoms with Crippen LogP contribution >= 0.6 is 11.6 Å². The third-order valence-corrected chi connectivity index (χ3v) is 5.24. The monoisotopic (exact) mass is 306 g/mol. The lowest BCUT2D eigenvalue weighted by Gasteiger charge is -2.38. The number of rotatable bonds is 2. The molecule has 0 aromatic heterocycles. The van der Waals surface area contributed by atoms with Crippen LogP contribution in [0, 0.1) is 5.41 Å². The molecule has 1 N–H and O–H groups in total. The minimum atomic E-state index is -0.262. The summed E-state index contributed by atoms with van der Waals surface area (Å²) < 4.78 is 0. The van der Waals surface area contributed by atoms with Gasteiger partial charge in [0.15, 0.2) is 0 Å². The summed E-state index contributed by atoms with van der Waals surface area (Å²) in [7, 11) is 0. The van der Waals surface area contributed by atoms with Crippen LogP contribution in [0.3, 0.4) is 0 Å². The van der Waals surface area contributed by atoms with Gasteiger partial charge in [-0.15, -0.1) is 0 Å². The Morgan fingerprint density at radius 1 is 1.38 bits per heavy atom. The van der Waals surface area contributed by atoms with Gasteiger partial charge in [0.05, 0.1) is 11.5 Å². The molecule has 3 nitrogen and oxygen atoms in total. The normalized spacial score (nSPS) is 29.6. The lowest BCUT2D eigenvalue weighted by atomic mass is 9.81. The number of nitrogens with zero attached hydrogens (tertiary/aromatic N) is 1. The molecule has 2 aliphatic rings. The number of piperidine rings is 1. The minimum absolute atomic E-state index is 0.143. The summed E-state index contributed by atoms with van der Waals surface area (Å²) in [6.45, 7) is 4.77. The zero-order chi connectivity index (χ0) is 14.9. The summed E-state index contributed by atoms with van der Waals surface area (Å²) in [5.41, 5.74) is 0.833. The van der Waals surface area contributed by atoms with Crippen LogP contribution in [0.5, 0.6) is 0 Å². The molecule has 4 heteroatoms. The van der Waals surface area contributed by atoms with Gasteiger partial charge in [-0.1, -0.05) is 29.8 Å². The first-order chi connectivity index (χ1) is 10.1. The van der Waals surface area contributed by atoms with Crippen molar-refractivity contribution in [3.63, 3.8) is 0 Å². The summed E-state index contributed by atoms with van der Waals surface area (Å²) in [6.07, 6.45) is 4.13. The number of amides is 1. The van der Waals surface area contributed by atoms with Gasteiger partial charge in [0.25, 0.3) is 0 Å². The largest absolute Gasteiger partial charge is 0.335 e. The van der Waals surface area contributed by atoms with Gasteiger partial charge in [-0.3, -0.25) is 4.79 Å². The van der Waals surface area contributed by atoms with Crippen molar-refractivity contribution in [2.45, 2.75) is 38.6 Å². The molecule has 21 heavy (non-hydrogen) atoms. The first-order valence-corrected chi connectivity index (χ1v) is 8.26. The van der Waals surface area contributed by atoms with Gasteiger partial charge >= 0.3 is 0 Å². The maximum atomic E-state index is 13.1. The van der Waals surface area contributed by atoms with E-state index in [0.717, 1.165) is 55.9 Å². The molecule has 3 rings (SSSR count). The van der Waals surface area contributed by atoms with Crippen molar-refractivity contribution in [1.82, 2.24) is 10.2 Å². The Bertz CT molecular complexity index is 525. The number of carbonyl (C=O) groups is 1. The van der Waals surface area contributed by atoms with Gasteiger partial charge < -0.3 is 10.2 Å². The third kappa shape index (κ3) is 2.82. The topological polar surface area (TPSA) is 32.3 Å². The Labute approximate surface area is 131 Å². The van der Waals surface area contributed by atoms with Crippen molar-refractivity contribution in [2.24, 2.45) is 5.41 Å². The zero-order valence-electron chi connectivity index (χ0n) is 12.6. The van der Waals surface area contributed by atoms with Crippen molar-refractivity contribution >= 4 is 17.5 Å². The van der Waals surface area contributed by atoms with Crippen molar-refractivity contribution in [3.05, 3.63) is 34.9 Å². The first-order valence-electron chi connectivity index (χ1n) is 7.88. The molecule has 1 aromatic carbocycles. The summed E-state index contributed by atoms with van der Waals surface area (Å²) >= 11 is 6.34. The van der Waals surface area contributed by atoms with Gasteiger partial charge in [0, 0.05) is 18.1 Å². The van der Waals surface area contributed by atoms with Crippen molar-refractivity contribution < 1.29 is 4.79 Å². The van der Waals surface area contributed by atoms with Crippen molar-refractivity contribution in [2.75, 3.05) is 19.6 Å². The molecule has 2 unspecified atom stereocenters. The molecular formula is C17H23ClN2O. The predicted octanol–water partition coefficient (Wildman–Crippen LogP) is 3.39. The van der Waals surface area contributed by atoms with Crippen LogP contribution in [0.1, 0.15) is 44.2 Å². The fourth-order valence-electron chi connectivity index (χ4n) is 3.66. The highest BCUT2D eigenvalue weighted by Crippen LogP contribution is 2.39. The predicted molar refractivity (Wildman–Crippen MR) is 85.4 cm³/mol. The van der Waals surface area contributed by atoms with E-state index in [0.29, 0.717) is 0 Å². The second kappa shape index (κ2) is 5.98. The van der Waals surface area contributed by atoms with Crippen LogP contribution in [0.2, 0.25) is 5.02 Å². The highest BCUT2D eigenvalue weighted by atomic mass is 35.5. The number of halogens is 1. The summed E-state index contributed by atoms with van der Waals surface area (Å²) in [5.74, 6) is 0.289. The molecule has 0 saturated carbocycles. The molecule has 1 aromatic rings. The van der Waals surface area contributed by atoms with E-state index in [2.05, 4.69) is 23.2 Å². The van der Waals surface area contributed by atoms with Crippen LogP contribution < -0.4 is 5.32 Å². The van der Waals surface area contributed by atoms with E-state index in [1.807, 2.05) is 18.2 Å². The van der Waals surface area contributed by atoms with E-state index in [9.17, 15) is 4.79 Å². The average molecular weight is 307 g/mol. The molecule has 2 heterocycles. The molecule has 2 aliphatic heterocycles. The number of benzene rings is 1. The van der Waals surface area contributed by atoms with E-state index < -0.39 is 0 Å². The summed E-state index contributed by atoms with van der Waals surface area (Å²) in [4.78, 5) is 15.1. The molecule has 114 valence electrons. The fraction of sp³-hybridized carbons (Fsp3) is 0.588. The van der Waals surface area contributed by atoms with Gasteiger partial charge in [-0.2, -0.15) is 0 Å². The highest BCUT2D eigenvalue weighted by Gasteiger charge is 2.42. The number of hydrogen-bond acceptors (Lipinski definition) is 2. The molecule has 2 saturated heterocycles. The Kier molecular flexibility index (Phi) is 4.23. The average Bonchev–Trinajstić information content (AvgIpc) is 2.97. The molecule has 0 aliphatic carbocycles. The number of hydrogen-bond donors (Lipinski definition) is 1. The molecule has 0 radical (unpaired) electrons. The Hall–Kier alpha value is -1.06. The van der Waals surface area contributed by atoms with E-state index >= 15 is 0 Å². The van der Waals surface area contributed by atoms with Crippen molar-refractivity contribution in [3.8, 4) is 0 Å². The second-order valence-electron chi connectivity index (χ2n) is 6.52. The fourth-order valence-corrected chi connectivity index (χ4v) is 3.93. The second-order valence-corrected chi connectivity index (χ2v) is 6.93. The van der Waals surface area contributed by atoms with Crippen molar-refractivity contribution in [1.29, 1.82) is 0 Å². The number of carbonyl (C=O) groups excluding carboxylic acids is 1. The van der Waals surface area contributed by atoms with Gasteiger partial charge in [0.2, 0.25) is 5.91 Å². The van der Waals surface area contributed by atoms with Crippen LogP contribution in [0.25, 0.3) is 0 Å². The van der Waals surface area contributed by atoms with Crippen LogP contribution in [0.4, 0.5) is 0 Å². The van der Waals surface area contributed by atoms with Gasteiger partial charge in [0.1, 0.15) is 0 Å². The Morgan fingerprint density at radius 2 is 2.19 bits per heavy atom. The zero-order valence-corrected chi connectivity index (χ0v) is 13.3. The lowest BCUT2D eigenvalue weighted by molar-refractivity contribution is -0.143. The van der Waals surface area contributed by atoms with E-state index in [1.165, 1.54) is 0 Å². The molecule has 0 bridgehead atoms. The summed E-state index contributed by atoms with van der Waals surface area (Å²) in [6, 6.07) is 8.07. The Morgan fingerprint density at radius 3 is 2.90 bits per heavy atom. The van der Waals surface area contributed by atoms with E-state index in [1.54, 1.807) is 0 Å². The number of nitrogens with one attached hydrogen (secondary N) is 1. The summed E-state index contributed by atoms with van der Waals surface area (Å²) in [5, 5.41) is 4.14. The standard InChI is InChI=1S/C17H23ClN2O/c1-17(9-5-10-19-12-17)16(21)20-11-4-8-15(20)13-6-2-3-7-14(13)18/h2-3,6-7,15,19H,4-5,8-12H2,1H3. The maximum absolute atomic E-state index is 13.1. The van der Waals surface area contributed by atoms with Crippen LogP contribution in [-0.4, -0.2) is 30.4 Å². The smallest absolute Gasteiger partial charge is 0.230 e.